The Bertz CT molecular complexity index is 982. The Balaban J connectivity index is 1.54. The van der Waals surface area contributed by atoms with Gasteiger partial charge in [0.25, 0.3) is 0 Å². The minimum Gasteiger partial charge on any atom is -0.508 e. The lowest BCUT2D eigenvalue weighted by atomic mass is 10.0. The number of nitrogens with two attached hydrogens (primary N) is 1. The number of phenolic OH excluding ortho intramolecular Hbond substituents is 1. The van der Waals surface area contributed by atoms with Crippen molar-refractivity contribution in [2.24, 2.45) is 5.73 Å². The van der Waals surface area contributed by atoms with Crippen molar-refractivity contribution in [3.8, 4) is 22.6 Å². The average Bonchev–Trinajstić information content (AvgIpc) is 2.75. The molecule has 0 bridgehead atoms. The molecule has 1 fully saturated rings. The number of anilines is 2. The van der Waals surface area contributed by atoms with E-state index in [9.17, 15) is 9.90 Å². The van der Waals surface area contributed by atoms with E-state index in [2.05, 4.69) is 9.80 Å². The van der Waals surface area contributed by atoms with Gasteiger partial charge in [0.15, 0.2) is 0 Å². The number of piperazine rings is 1. The zero-order valence-electron chi connectivity index (χ0n) is 16.0. The fourth-order valence-corrected chi connectivity index (χ4v) is 3.64. The van der Waals surface area contributed by atoms with Crippen molar-refractivity contribution in [2.75, 3.05) is 36.0 Å². The third-order valence-corrected chi connectivity index (χ3v) is 5.12. The molecule has 0 spiro atoms. The maximum atomic E-state index is 11.3. The first kappa shape index (κ1) is 18.7. The van der Waals surface area contributed by atoms with Crippen LogP contribution in [0.5, 0.6) is 11.5 Å². The number of carbonyl (C=O) groups is 1. The van der Waals surface area contributed by atoms with E-state index in [0.29, 0.717) is 5.75 Å². The summed E-state index contributed by atoms with van der Waals surface area (Å²) in [5.41, 5.74) is 9.23. The number of primary amides is 1. The first-order chi connectivity index (χ1) is 14.1. The first-order valence-corrected chi connectivity index (χ1v) is 9.56. The van der Waals surface area contributed by atoms with Gasteiger partial charge >= 0.3 is 6.09 Å². The second-order valence-corrected chi connectivity index (χ2v) is 6.96. The monoisotopic (exact) mass is 389 g/mol. The average molecular weight is 389 g/mol. The molecule has 3 aromatic rings. The second-order valence-electron chi connectivity index (χ2n) is 6.96. The summed E-state index contributed by atoms with van der Waals surface area (Å²) in [7, 11) is 0. The molecule has 1 aliphatic heterocycles. The molecule has 148 valence electrons. The van der Waals surface area contributed by atoms with Gasteiger partial charge in [-0.3, -0.25) is 0 Å². The molecule has 0 unspecified atom stereocenters. The van der Waals surface area contributed by atoms with Crippen LogP contribution < -0.4 is 20.3 Å². The zero-order chi connectivity index (χ0) is 20.2. The molecule has 0 aromatic heterocycles. The highest BCUT2D eigenvalue weighted by atomic mass is 16.5. The van der Waals surface area contributed by atoms with E-state index in [0.717, 1.165) is 48.7 Å². The molecule has 4 rings (SSSR count). The lowest BCUT2D eigenvalue weighted by Crippen LogP contribution is -2.46. The summed E-state index contributed by atoms with van der Waals surface area (Å²) in [5, 5.41) is 9.48. The van der Waals surface area contributed by atoms with E-state index < -0.39 is 6.09 Å². The van der Waals surface area contributed by atoms with E-state index in [1.165, 1.54) is 0 Å². The highest BCUT2D eigenvalue weighted by Crippen LogP contribution is 2.34. The molecule has 0 saturated carbocycles. The van der Waals surface area contributed by atoms with Gasteiger partial charge in [0.05, 0.1) is 0 Å². The van der Waals surface area contributed by atoms with Crippen LogP contribution in [0.15, 0.2) is 72.8 Å². The Kier molecular flexibility index (Phi) is 5.24. The normalized spacial score (nSPS) is 13.9. The summed E-state index contributed by atoms with van der Waals surface area (Å²) < 4.78 is 5.22. The quantitative estimate of drug-likeness (QED) is 0.709. The van der Waals surface area contributed by atoms with Crippen LogP contribution in [0.3, 0.4) is 0 Å². The summed E-state index contributed by atoms with van der Waals surface area (Å²) in [6.07, 6.45) is -0.822. The number of ether oxygens (including phenoxy) is 1. The fourth-order valence-electron chi connectivity index (χ4n) is 3.64. The predicted octanol–water partition coefficient (Wildman–Crippen LogP) is 3.84. The van der Waals surface area contributed by atoms with Crippen molar-refractivity contribution in [2.45, 2.75) is 0 Å². The maximum Gasteiger partial charge on any atom is 0.409 e. The van der Waals surface area contributed by atoms with Crippen LogP contribution in [0.2, 0.25) is 0 Å². The summed E-state index contributed by atoms with van der Waals surface area (Å²) >= 11 is 0. The summed E-state index contributed by atoms with van der Waals surface area (Å²) in [4.78, 5) is 15.9. The summed E-state index contributed by atoms with van der Waals surface area (Å²) in [5.74, 6) is 0.731. The molecule has 1 heterocycles. The number of rotatable bonds is 4. The van der Waals surface area contributed by atoms with Crippen molar-refractivity contribution in [1.82, 2.24) is 0 Å². The van der Waals surface area contributed by atoms with Crippen LogP contribution in [0.25, 0.3) is 11.1 Å². The minimum absolute atomic E-state index is 0.277. The SMILES string of the molecule is NC(=O)Oc1ccc(N2CCN(c3ccc(O)cc3)CC2)cc1-c1ccccc1. The molecule has 6 heteroatoms. The third kappa shape index (κ3) is 4.27. The fraction of sp³-hybridized carbons (Fsp3) is 0.174. The van der Waals surface area contributed by atoms with Gasteiger partial charge in [0.2, 0.25) is 0 Å². The number of nitrogens with zero attached hydrogens (tertiary/aromatic N) is 2. The molecule has 1 aliphatic rings. The summed E-state index contributed by atoms with van der Waals surface area (Å²) in [6, 6.07) is 22.9. The number of aromatic hydroxyl groups is 1. The van der Waals surface area contributed by atoms with Gasteiger partial charge in [-0.05, 0) is 48.0 Å². The van der Waals surface area contributed by atoms with Crippen molar-refractivity contribution in [3.05, 3.63) is 72.8 Å². The number of benzene rings is 3. The van der Waals surface area contributed by atoms with Gasteiger partial charge in [-0.2, -0.15) is 0 Å². The zero-order valence-corrected chi connectivity index (χ0v) is 16.0. The summed E-state index contributed by atoms with van der Waals surface area (Å²) in [6.45, 7) is 3.49. The molecule has 1 saturated heterocycles. The van der Waals surface area contributed by atoms with Crippen LogP contribution in [0, 0.1) is 0 Å². The van der Waals surface area contributed by atoms with Gasteiger partial charge in [0.1, 0.15) is 11.5 Å². The van der Waals surface area contributed by atoms with Gasteiger partial charge in [-0.1, -0.05) is 30.3 Å². The first-order valence-electron chi connectivity index (χ1n) is 9.56. The van der Waals surface area contributed by atoms with E-state index in [1.54, 1.807) is 18.2 Å². The van der Waals surface area contributed by atoms with Crippen LogP contribution in [-0.2, 0) is 0 Å². The van der Waals surface area contributed by atoms with Crippen LogP contribution in [0.1, 0.15) is 0 Å². The number of hydrogen-bond donors (Lipinski definition) is 2. The van der Waals surface area contributed by atoms with Gasteiger partial charge in [-0.15, -0.1) is 0 Å². The predicted molar refractivity (Wildman–Crippen MR) is 115 cm³/mol. The Morgan fingerprint density at radius 2 is 1.41 bits per heavy atom. The highest BCUT2D eigenvalue weighted by Gasteiger charge is 2.19. The maximum absolute atomic E-state index is 11.3. The van der Waals surface area contributed by atoms with E-state index >= 15 is 0 Å². The molecule has 3 aromatic carbocycles. The van der Waals surface area contributed by atoms with Crippen molar-refractivity contribution < 1.29 is 14.6 Å². The van der Waals surface area contributed by atoms with Gasteiger partial charge in [0, 0.05) is 43.1 Å². The van der Waals surface area contributed by atoms with Crippen molar-refractivity contribution in [1.29, 1.82) is 0 Å². The Labute approximate surface area is 169 Å². The number of carbonyl (C=O) groups excluding carboxylic acids is 1. The molecule has 0 atom stereocenters. The lowest BCUT2D eigenvalue weighted by Gasteiger charge is -2.37. The number of hydrogen-bond acceptors (Lipinski definition) is 5. The molecular formula is C23H23N3O3. The molecular weight excluding hydrogens is 366 g/mol. The molecule has 29 heavy (non-hydrogen) atoms. The van der Waals surface area contributed by atoms with Gasteiger partial charge < -0.3 is 25.4 Å². The lowest BCUT2D eigenvalue weighted by molar-refractivity contribution is 0.211. The molecule has 6 nitrogen and oxygen atoms in total. The molecule has 0 radical (unpaired) electrons. The van der Waals surface area contributed by atoms with Crippen molar-refractivity contribution in [3.63, 3.8) is 0 Å². The van der Waals surface area contributed by atoms with E-state index in [4.69, 9.17) is 10.5 Å². The Morgan fingerprint density at radius 3 is 2.03 bits per heavy atom. The smallest absolute Gasteiger partial charge is 0.409 e. The van der Waals surface area contributed by atoms with Crippen LogP contribution in [-0.4, -0.2) is 37.4 Å². The second kappa shape index (κ2) is 8.14. The van der Waals surface area contributed by atoms with E-state index in [1.807, 2.05) is 54.6 Å². The standard InChI is InChI=1S/C23H23N3O3/c24-23(28)29-22-11-8-19(16-21(22)17-4-2-1-3-5-17)26-14-12-25(13-15-26)18-6-9-20(27)10-7-18/h1-11,16,27H,12-15H2,(H2,24,28). The molecule has 3 N–H and O–H groups in total. The Morgan fingerprint density at radius 1 is 0.828 bits per heavy atom. The molecule has 1 amide bonds. The Hall–Kier alpha value is -3.67. The van der Waals surface area contributed by atoms with Gasteiger partial charge in [-0.25, -0.2) is 4.79 Å². The minimum atomic E-state index is -0.822. The van der Waals surface area contributed by atoms with Crippen LogP contribution in [0.4, 0.5) is 16.2 Å². The largest absolute Gasteiger partial charge is 0.508 e. The van der Waals surface area contributed by atoms with Crippen LogP contribution >= 0.6 is 0 Å². The van der Waals surface area contributed by atoms with Crippen molar-refractivity contribution >= 4 is 17.5 Å². The highest BCUT2D eigenvalue weighted by molar-refractivity contribution is 5.79. The van der Waals surface area contributed by atoms with E-state index in [-0.39, 0.29) is 5.75 Å². The topological polar surface area (TPSA) is 79.0 Å². The number of phenols is 1. The third-order valence-electron chi connectivity index (χ3n) is 5.12. The number of amides is 1. The molecule has 0 aliphatic carbocycles.